The number of aryl methyl sites for hydroxylation is 3. The third kappa shape index (κ3) is 7.82. The van der Waals surface area contributed by atoms with E-state index in [0.29, 0.717) is 6.42 Å². The number of rotatable bonds is 12. The van der Waals surface area contributed by atoms with Crippen molar-refractivity contribution < 1.29 is 9.59 Å². The Balaban J connectivity index is 1.44. The lowest BCUT2D eigenvalue weighted by molar-refractivity contribution is -0.137. The molecular weight excluding hydrogens is 386 g/mol. The maximum absolute atomic E-state index is 12.8. The standard InChI is InChI=1S/C26H35N3O2/c1-3-23(13-12-21-8-5-4-6-9-21)28-25(30)19-29(24-14-15-24)26(31)11-7-10-22-16-17-27-20(2)18-22/h4-6,8-9,16-18,23-24H,3,7,10-15,19H2,1-2H3,(H,28,30)/t23-/m0/s1. The molecule has 31 heavy (non-hydrogen) atoms. The molecule has 0 spiro atoms. The van der Waals surface area contributed by atoms with Gasteiger partial charge in [-0.3, -0.25) is 14.6 Å². The molecule has 5 nitrogen and oxygen atoms in total. The van der Waals surface area contributed by atoms with Crippen molar-refractivity contribution in [1.82, 2.24) is 15.2 Å². The van der Waals surface area contributed by atoms with Crippen molar-refractivity contribution >= 4 is 11.8 Å². The second kappa shape index (κ2) is 11.6. The predicted molar refractivity (Wildman–Crippen MR) is 124 cm³/mol. The third-order valence-corrected chi connectivity index (χ3v) is 5.92. The summed E-state index contributed by atoms with van der Waals surface area (Å²) in [6.07, 6.45) is 8.71. The van der Waals surface area contributed by atoms with Crippen LogP contribution in [-0.2, 0) is 22.4 Å². The molecule has 5 heteroatoms. The largest absolute Gasteiger partial charge is 0.352 e. The minimum atomic E-state index is -0.0371. The molecule has 1 aromatic carbocycles. The first-order valence-corrected chi connectivity index (χ1v) is 11.6. The van der Waals surface area contributed by atoms with Crippen molar-refractivity contribution in [1.29, 1.82) is 0 Å². The van der Waals surface area contributed by atoms with Gasteiger partial charge >= 0.3 is 0 Å². The second-order valence-corrected chi connectivity index (χ2v) is 8.61. The fourth-order valence-corrected chi connectivity index (χ4v) is 3.95. The van der Waals surface area contributed by atoms with Gasteiger partial charge in [0.2, 0.25) is 11.8 Å². The van der Waals surface area contributed by atoms with E-state index in [9.17, 15) is 9.59 Å². The molecule has 1 fully saturated rings. The van der Waals surface area contributed by atoms with Crippen molar-refractivity contribution in [3.8, 4) is 0 Å². The summed E-state index contributed by atoms with van der Waals surface area (Å²) >= 11 is 0. The summed E-state index contributed by atoms with van der Waals surface area (Å²) in [5, 5.41) is 3.15. The van der Waals surface area contributed by atoms with E-state index >= 15 is 0 Å². The molecular formula is C26H35N3O2. The van der Waals surface area contributed by atoms with Gasteiger partial charge in [-0.25, -0.2) is 0 Å². The third-order valence-electron chi connectivity index (χ3n) is 5.92. The fourth-order valence-electron chi connectivity index (χ4n) is 3.95. The number of benzene rings is 1. The Hall–Kier alpha value is -2.69. The van der Waals surface area contributed by atoms with Crippen molar-refractivity contribution in [2.75, 3.05) is 6.54 Å². The zero-order chi connectivity index (χ0) is 22.1. The fraction of sp³-hybridized carbons (Fsp3) is 0.500. The number of amides is 2. The Morgan fingerprint density at radius 2 is 1.90 bits per heavy atom. The van der Waals surface area contributed by atoms with Crippen LogP contribution < -0.4 is 5.32 Å². The second-order valence-electron chi connectivity index (χ2n) is 8.61. The van der Waals surface area contributed by atoms with E-state index in [-0.39, 0.29) is 30.4 Å². The van der Waals surface area contributed by atoms with E-state index in [1.54, 1.807) is 4.90 Å². The molecule has 1 atom stereocenters. The summed E-state index contributed by atoms with van der Waals surface area (Å²) in [5.74, 6) is 0.0608. The van der Waals surface area contributed by atoms with Crippen LogP contribution in [0.4, 0.5) is 0 Å². The van der Waals surface area contributed by atoms with Crippen LogP contribution >= 0.6 is 0 Å². The molecule has 0 bridgehead atoms. The number of nitrogens with one attached hydrogen (secondary N) is 1. The lowest BCUT2D eigenvalue weighted by Crippen LogP contribution is -2.45. The maximum atomic E-state index is 12.8. The molecule has 2 amide bonds. The van der Waals surface area contributed by atoms with Crippen molar-refractivity contribution in [3.05, 3.63) is 65.5 Å². The predicted octanol–water partition coefficient (Wildman–Crippen LogP) is 4.23. The zero-order valence-electron chi connectivity index (χ0n) is 18.8. The molecule has 166 valence electrons. The molecule has 1 aliphatic rings. The summed E-state index contributed by atoms with van der Waals surface area (Å²) < 4.78 is 0. The molecule has 1 aromatic heterocycles. The zero-order valence-corrected chi connectivity index (χ0v) is 18.8. The monoisotopic (exact) mass is 421 g/mol. The summed E-state index contributed by atoms with van der Waals surface area (Å²) in [7, 11) is 0. The van der Waals surface area contributed by atoms with Gasteiger partial charge in [-0.2, -0.15) is 0 Å². The number of carbonyl (C=O) groups is 2. The van der Waals surface area contributed by atoms with Crippen LogP contribution in [0.3, 0.4) is 0 Å². The van der Waals surface area contributed by atoms with E-state index in [1.807, 2.05) is 37.4 Å². The van der Waals surface area contributed by atoms with Gasteiger partial charge in [0.1, 0.15) is 0 Å². The van der Waals surface area contributed by atoms with Crippen LogP contribution in [0, 0.1) is 6.92 Å². The van der Waals surface area contributed by atoms with Gasteiger partial charge in [0, 0.05) is 30.4 Å². The van der Waals surface area contributed by atoms with Crippen molar-refractivity contribution in [2.24, 2.45) is 0 Å². The highest BCUT2D eigenvalue weighted by Crippen LogP contribution is 2.27. The maximum Gasteiger partial charge on any atom is 0.239 e. The van der Waals surface area contributed by atoms with Crippen LogP contribution in [0.25, 0.3) is 0 Å². The molecule has 1 N–H and O–H groups in total. The summed E-state index contributed by atoms with van der Waals surface area (Å²) in [5.41, 5.74) is 3.49. The Kier molecular flexibility index (Phi) is 8.63. The van der Waals surface area contributed by atoms with E-state index in [4.69, 9.17) is 0 Å². The Bertz CT molecular complexity index is 849. The van der Waals surface area contributed by atoms with Gasteiger partial charge in [-0.15, -0.1) is 0 Å². The van der Waals surface area contributed by atoms with Crippen LogP contribution in [0.15, 0.2) is 48.7 Å². The summed E-state index contributed by atoms with van der Waals surface area (Å²) in [4.78, 5) is 31.5. The highest BCUT2D eigenvalue weighted by atomic mass is 16.2. The summed E-state index contributed by atoms with van der Waals surface area (Å²) in [6, 6.07) is 14.8. The minimum Gasteiger partial charge on any atom is -0.352 e. The van der Waals surface area contributed by atoms with Gasteiger partial charge in [-0.1, -0.05) is 37.3 Å². The lowest BCUT2D eigenvalue weighted by atomic mass is 10.0. The van der Waals surface area contributed by atoms with E-state index in [1.165, 1.54) is 11.1 Å². The van der Waals surface area contributed by atoms with Crippen LogP contribution in [0.1, 0.15) is 62.3 Å². The normalized spacial score (nSPS) is 14.1. The number of pyridine rings is 1. The van der Waals surface area contributed by atoms with Gasteiger partial charge < -0.3 is 10.2 Å². The average molecular weight is 422 g/mol. The highest BCUT2D eigenvalue weighted by Gasteiger charge is 2.33. The molecule has 0 saturated heterocycles. The topological polar surface area (TPSA) is 62.3 Å². The highest BCUT2D eigenvalue weighted by molar-refractivity contribution is 5.85. The first-order valence-electron chi connectivity index (χ1n) is 11.6. The Labute approximate surface area is 186 Å². The Morgan fingerprint density at radius 3 is 2.58 bits per heavy atom. The van der Waals surface area contributed by atoms with Crippen LogP contribution in [0.5, 0.6) is 0 Å². The first kappa shape index (κ1) is 23.0. The molecule has 0 aliphatic heterocycles. The van der Waals surface area contributed by atoms with E-state index in [2.05, 4.69) is 35.4 Å². The number of carbonyl (C=O) groups excluding carboxylic acids is 2. The van der Waals surface area contributed by atoms with E-state index in [0.717, 1.165) is 50.6 Å². The number of aromatic nitrogens is 1. The lowest BCUT2D eigenvalue weighted by Gasteiger charge is -2.24. The molecule has 1 saturated carbocycles. The van der Waals surface area contributed by atoms with Crippen LogP contribution in [-0.4, -0.2) is 40.3 Å². The van der Waals surface area contributed by atoms with Gasteiger partial charge in [0.05, 0.1) is 6.54 Å². The molecule has 2 aromatic rings. The van der Waals surface area contributed by atoms with Crippen molar-refractivity contribution in [3.63, 3.8) is 0 Å². The van der Waals surface area contributed by atoms with E-state index < -0.39 is 0 Å². The Morgan fingerprint density at radius 1 is 1.13 bits per heavy atom. The number of hydrogen-bond donors (Lipinski definition) is 1. The SMILES string of the molecule is CC[C@@H](CCc1ccccc1)NC(=O)CN(C(=O)CCCc1ccnc(C)c1)C1CC1. The molecule has 1 aliphatic carbocycles. The number of nitrogens with zero attached hydrogens (tertiary/aromatic N) is 2. The molecule has 0 unspecified atom stereocenters. The van der Waals surface area contributed by atoms with Crippen molar-refractivity contribution in [2.45, 2.75) is 77.3 Å². The summed E-state index contributed by atoms with van der Waals surface area (Å²) in [6.45, 7) is 4.26. The average Bonchev–Trinajstić information content (AvgIpc) is 3.61. The molecule has 3 rings (SSSR count). The molecule has 0 radical (unpaired) electrons. The first-order chi connectivity index (χ1) is 15.0. The smallest absolute Gasteiger partial charge is 0.239 e. The quantitative estimate of drug-likeness (QED) is 0.558. The van der Waals surface area contributed by atoms with Gasteiger partial charge in [0.15, 0.2) is 0 Å². The van der Waals surface area contributed by atoms with Gasteiger partial charge in [0.25, 0.3) is 0 Å². The van der Waals surface area contributed by atoms with Gasteiger partial charge in [-0.05, 0) is 75.1 Å². The minimum absolute atomic E-state index is 0.0371. The van der Waals surface area contributed by atoms with Crippen LogP contribution in [0.2, 0.25) is 0 Å². The number of hydrogen-bond acceptors (Lipinski definition) is 3. The molecule has 1 heterocycles.